The van der Waals surface area contributed by atoms with E-state index in [9.17, 15) is 9.59 Å². The first kappa shape index (κ1) is 16.9. The van der Waals surface area contributed by atoms with Gasteiger partial charge in [-0.2, -0.15) is 5.10 Å². The number of allylic oxidation sites excluding steroid dienone is 1. The molecule has 2 aromatic rings. The number of carbonyl (C=O) groups excluding carboxylic acids is 2. The van der Waals surface area contributed by atoms with Crippen LogP contribution in [0.1, 0.15) is 18.5 Å². The Morgan fingerprint density at radius 1 is 1.37 bits per heavy atom. The van der Waals surface area contributed by atoms with Crippen LogP contribution in [0.5, 0.6) is 11.5 Å². The number of nitrogens with zero attached hydrogens (tertiary/aromatic N) is 3. The second-order valence-corrected chi connectivity index (χ2v) is 5.85. The second-order valence-electron chi connectivity index (χ2n) is 5.85. The summed E-state index contributed by atoms with van der Waals surface area (Å²) >= 11 is 0. The second kappa shape index (κ2) is 6.98. The van der Waals surface area contributed by atoms with E-state index in [1.165, 1.54) is 17.3 Å². The van der Waals surface area contributed by atoms with E-state index < -0.39 is 18.0 Å². The number of hydrogen-bond donors (Lipinski definition) is 2. The third-order valence-corrected chi connectivity index (χ3v) is 4.17. The van der Waals surface area contributed by atoms with Crippen molar-refractivity contribution in [3.05, 3.63) is 47.7 Å². The molecule has 0 spiro atoms. The molecule has 2 amide bonds. The van der Waals surface area contributed by atoms with Gasteiger partial charge in [-0.05, 0) is 24.6 Å². The zero-order chi connectivity index (χ0) is 18.8. The summed E-state index contributed by atoms with van der Waals surface area (Å²) in [7, 11) is 0. The van der Waals surface area contributed by atoms with Gasteiger partial charge in [0, 0.05) is 0 Å². The van der Waals surface area contributed by atoms with Crippen LogP contribution in [-0.2, 0) is 16.1 Å². The largest absolute Gasteiger partial charge is 0.463 e. The third-order valence-electron chi connectivity index (χ3n) is 4.17. The normalized spacial score (nSPS) is 18.1. The third kappa shape index (κ3) is 3.28. The summed E-state index contributed by atoms with van der Waals surface area (Å²) < 4.78 is 17.5. The molecule has 3 heterocycles. The van der Waals surface area contributed by atoms with Crippen LogP contribution in [0.4, 0.5) is 4.79 Å². The fraction of sp³-hybridized carbons (Fsp3) is 0.294. The zero-order valence-electron chi connectivity index (χ0n) is 14.5. The van der Waals surface area contributed by atoms with Crippen molar-refractivity contribution in [2.75, 3.05) is 13.4 Å². The summed E-state index contributed by atoms with van der Waals surface area (Å²) in [5.41, 5.74) is 1.37. The van der Waals surface area contributed by atoms with Crippen LogP contribution in [-0.4, -0.2) is 40.2 Å². The Bertz CT molecular complexity index is 908. The lowest BCUT2D eigenvalue weighted by atomic mass is 9.94. The fourth-order valence-corrected chi connectivity index (χ4v) is 3.01. The van der Waals surface area contributed by atoms with Crippen molar-refractivity contribution in [2.24, 2.45) is 0 Å². The van der Waals surface area contributed by atoms with E-state index in [2.05, 4.69) is 20.7 Å². The number of esters is 1. The number of ether oxygens (including phenoxy) is 3. The van der Waals surface area contributed by atoms with Crippen LogP contribution < -0.4 is 20.1 Å². The predicted molar refractivity (Wildman–Crippen MR) is 90.7 cm³/mol. The van der Waals surface area contributed by atoms with E-state index in [0.29, 0.717) is 28.3 Å². The van der Waals surface area contributed by atoms with Gasteiger partial charge in [-0.25, -0.2) is 19.3 Å². The maximum absolute atomic E-state index is 12.7. The van der Waals surface area contributed by atoms with Gasteiger partial charge >= 0.3 is 12.0 Å². The quantitative estimate of drug-likeness (QED) is 0.749. The standard InChI is InChI=1S/C17H17N5O5/c1-2-25-16(23)14-11(6-22-8-18-7-19-22)20-17(24)21-15(14)10-3-4-12-13(5-10)27-9-26-12/h3-5,7-8,15H,2,6,9H2,1H3,(H2,20,21,24)/t15-/m0/s1. The molecule has 2 aliphatic rings. The Morgan fingerprint density at radius 2 is 2.22 bits per heavy atom. The lowest BCUT2D eigenvalue weighted by Gasteiger charge is -2.29. The average molecular weight is 371 g/mol. The maximum Gasteiger partial charge on any atom is 0.338 e. The molecule has 10 heteroatoms. The van der Waals surface area contributed by atoms with Gasteiger partial charge in [0.2, 0.25) is 6.79 Å². The number of aromatic nitrogens is 3. The molecule has 0 bridgehead atoms. The minimum Gasteiger partial charge on any atom is -0.463 e. The molecule has 2 N–H and O–H groups in total. The lowest BCUT2D eigenvalue weighted by molar-refractivity contribution is -0.139. The summed E-state index contributed by atoms with van der Waals surface area (Å²) in [5.74, 6) is 0.646. The number of amides is 2. The van der Waals surface area contributed by atoms with Gasteiger partial charge in [0.1, 0.15) is 12.7 Å². The van der Waals surface area contributed by atoms with Gasteiger partial charge in [-0.3, -0.25) is 0 Å². The molecule has 0 saturated heterocycles. The molecule has 1 aromatic heterocycles. The lowest BCUT2D eigenvalue weighted by Crippen LogP contribution is -2.46. The minimum absolute atomic E-state index is 0.134. The van der Waals surface area contributed by atoms with Crippen molar-refractivity contribution in [1.29, 1.82) is 0 Å². The van der Waals surface area contributed by atoms with E-state index in [1.807, 2.05) is 0 Å². The summed E-state index contributed by atoms with van der Waals surface area (Å²) in [6, 6.07) is 4.12. The van der Waals surface area contributed by atoms with E-state index in [0.717, 1.165) is 0 Å². The van der Waals surface area contributed by atoms with E-state index in [1.54, 1.807) is 25.1 Å². The van der Waals surface area contributed by atoms with Crippen LogP contribution in [0.15, 0.2) is 42.1 Å². The highest BCUT2D eigenvalue weighted by atomic mass is 16.7. The molecular weight excluding hydrogens is 354 g/mol. The van der Waals surface area contributed by atoms with Crippen molar-refractivity contribution in [1.82, 2.24) is 25.4 Å². The number of benzene rings is 1. The number of carbonyl (C=O) groups is 2. The predicted octanol–water partition coefficient (Wildman–Crippen LogP) is 0.878. The highest BCUT2D eigenvalue weighted by Gasteiger charge is 2.34. The van der Waals surface area contributed by atoms with Crippen molar-refractivity contribution >= 4 is 12.0 Å². The molecule has 0 radical (unpaired) electrons. The zero-order valence-corrected chi connectivity index (χ0v) is 14.5. The van der Waals surface area contributed by atoms with Gasteiger partial charge in [0.15, 0.2) is 11.5 Å². The molecule has 4 rings (SSSR count). The van der Waals surface area contributed by atoms with Crippen molar-refractivity contribution in [3.63, 3.8) is 0 Å². The van der Waals surface area contributed by atoms with Crippen LogP contribution >= 0.6 is 0 Å². The van der Waals surface area contributed by atoms with Crippen molar-refractivity contribution < 1.29 is 23.8 Å². The molecule has 140 valence electrons. The van der Waals surface area contributed by atoms with Crippen molar-refractivity contribution in [2.45, 2.75) is 19.5 Å². The Morgan fingerprint density at radius 3 is 3.00 bits per heavy atom. The summed E-state index contributed by atoms with van der Waals surface area (Å²) in [6.07, 6.45) is 2.88. The smallest absolute Gasteiger partial charge is 0.338 e. The van der Waals surface area contributed by atoms with E-state index >= 15 is 0 Å². The Hall–Kier alpha value is -3.56. The molecule has 0 unspecified atom stereocenters. The van der Waals surface area contributed by atoms with Crippen molar-refractivity contribution in [3.8, 4) is 11.5 Å². The molecule has 2 aliphatic heterocycles. The first-order chi connectivity index (χ1) is 13.2. The monoisotopic (exact) mass is 371 g/mol. The highest BCUT2D eigenvalue weighted by Crippen LogP contribution is 2.37. The van der Waals surface area contributed by atoms with Gasteiger partial charge < -0.3 is 24.8 Å². The number of fused-ring (bicyclic) bond motifs is 1. The Balaban J connectivity index is 1.77. The number of nitrogens with one attached hydrogen (secondary N) is 2. The van der Waals surface area contributed by atoms with Crippen LogP contribution in [0, 0.1) is 0 Å². The molecule has 0 aliphatic carbocycles. The molecule has 1 atom stereocenters. The molecule has 10 nitrogen and oxygen atoms in total. The Kier molecular flexibility index (Phi) is 4.37. The van der Waals surface area contributed by atoms with Gasteiger partial charge in [-0.1, -0.05) is 6.07 Å². The number of rotatable bonds is 5. The van der Waals surface area contributed by atoms with E-state index in [-0.39, 0.29) is 19.9 Å². The summed E-state index contributed by atoms with van der Waals surface area (Å²) in [6.45, 7) is 2.23. The molecule has 0 fully saturated rings. The van der Waals surface area contributed by atoms with Crippen LogP contribution in [0.25, 0.3) is 0 Å². The molecule has 1 aromatic carbocycles. The van der Waals surface area contributed by atoms with Gasteiger partial charge in [-0.15, -0.1) is 0 Å². The molecule has 0 saturated carbocycles. The number of hydrogen-bond acceptors (Lipinski definition) is 7. The fourth-order valence-electron chi connectivity index (χ4n) is 3.01. The topological polar surface area (TPSA) is 117 Å². The van der Waals surface area contributed by atoms with Gasteiger partial charge in [0.05, 0.1) is 30.5 Å². The minimum atomic E-state index is -0.703. The first-order valence-electron chi connectivity index (χ1n) is 8.35. The Labute approximate surface area is 154 Å². The SMILES string of the molecule is CCOC(=O)C1=C(Cn2cncn2)NC(=O)N[C@H]1c1ccc2c(c1)OCO2. The van der Waals surface area contributed by atoms with Crippen LogP contribution in [0.2, 0.25) is 0 Å². The summed E-state index contributed by atoms with van der Waals surface area (Å²) in [5, 5.41) is 9.48. The van der Waals surface area contributed by atoms with Crippen LogP contribution in [0.3, 0.4) is 0 Å². The molecular formula is C17H17N5O5. The summed E-state index contributed by atoms with van der Waals surface area (Å²) in [4.78, 5) is 28.8. The first-order valence-corrected chi connectivity index (χ1v) is 8.35. The highest BCUT2D eigenvalue weighted by molar-refractivity contribution is 5.95. The number of urea groups is 1. The molecule has 27 heavy (non-hydrogen) atoms. The maximum atomic E-state index is 12.7. The van der Waals surface area contributed by atoms with E-state index in [4.69, 9.17) is 14.2 Å². The average Bonchev–Trinajstić information content (AvgIpc) is 3.32. The van der Waals surface area contributed by atoms with Gasteiger partial charge in [0.25, 0.3) is 0 Å².